The highest BCUT2D eigenvalue weighted by Crippen LogP contribution is 2.54. The smallest absolute Gasteiger partial charge is 0.0152 e. The van der Waals surface area contributed by atoms with Gasteiger partial charge in [0.05, 0.1) is 0 Å². The molecule has 3 fully saturated rings. The summed E-state index contributed by atoms with van der Waals surface area (Å²) in [5, 5.41) is 3.30. The van der Waals surface area contributed by atoms with Gasteiger partial charge in [-0.25, -0.2) is 0 Å². The van der Waals surface area contributed by atoms with E-state index in [0.717, 1.165) is 17.4 Å². The van der Waals surface area contributed by atoms with E-state index >= 15 is 0 Å². The number of hydrogen-bond donors (Lipinski definition) is 1. The highest BCUT2D eigenvalue weighted by molar-refractivity contribution is 5.03. The molecule has 110 valence electrons. The Kier molecular flexibility index (Phi) is 4.48. The van der Waals surface area contributed by atoms with Crippen LogP contribution in [-0.2, 0) is 0 Å². The van der Waals surface area contributed by atoms with Gasteiger partial charge in [-0.15, -0.1) is 0 Å². The van der Waals surface area contributed by atoms with E-state index in [1.807, 2.05) is 0 Å². The first-order valence-corrected chi connectivity index (χ1v) is 8.73. The fraction of sp³-hybridized carbons (Fsp3) is 1.00. The van der Waals surface area contributed by atoms with Gasteiger partial charge >= 0.3 is 0 Å². The molecule has 0 aromatic rings. The van der Waals surface area contributed by atoms with Crippen LogP contribution in [-0.4, -0.2) is 37.6 Å². The van der Waals surface area contributed by atoms with Crippen LogP contribution in [0, 0.1) is 11.3 Å². The van der Waals surface area contributed by atoms with Gasteiger partial charge in [0.2, 0.25) is 0 Å². The molecule has 1 unspecified atom stereocenters. The van der Waals surface area contributed by atoms with E-state index in [1.165, 1.54) is 83.8 Å². The molecule has 0 radical (unpaired) electrons. The standard InChI is InChI=1S/C17H32N2/c1-18-12-6-15-7-13-19(14-8-15)16-5-11-17(16)9-3-2-4-10-17/h15-16,18H,2-14H2,1H3. The lowest BCUT2D eigenvalue weighted by Gasteiger charge is -2.57. The Balaban J connectivity index is 1.48. The first-order chi connectivity index (χ1) is 9.34. The number of likely N-dealkylation sites (tertiary alicyclic amines) is 1. The minimum Gasteiger partial charge on any atom is -0.320 e. The minimum absolute atomic E-state index is 0.774. The molecule has 2 nitrogen and oxygen atoms in total. The van der Waals surface area contributed by atoms with Crippen LogP contribution in [0.1, 0.15) is 64.2 Å². The largest absolute Gasteiger partial charge is 0.320 e. The lowest BCUT2D eigenvalue weighted by Crippen LogP contribution is -2.57. The van der Waals surface area contributed by atoms with E-state index in [4.69, 9.17) is 0 Å². The molecule has 1 aliphatic heterocycles. The molecule has 0 bridgehead atoms. The van der Waals surface area contributed by atoms with Crippen LogP contribution in [0.3, 0.4) is 0 Å². The fourth-order valence-corrected chi connectivity index (χ4v) is 4.99. The second-order valence-electron chi connectivity index (χ2n) is 7.35. The number of nitrogens with one attached hydrogen (secondary N) is 1. The molecule has 0 amide bonds. The molecule has 3 rings (SSSR count). The monoisotopic (exact) mass is 264 g/mol. The van der Waals surface area contributed by atoms with Gasteiger partial charge in [-0.2, -0.15) is 0 Å². The molecule has 3 aliphatic rings. The second kappa shape index (κ2) is 6.13. The van der Waals surface area contributed by atoms with Crippen molar-refractivity contribution in [2.75, 3.05) is 26.7 Å². The zero-order chi connectivity index (χ0) is 13.1. The predicted octanol–water partition coefficient (Wildman–Crippen LogP) is 3.42. The number of rotatable bonds is 4. The van der Waals surface area contributed by atoms with Crippen LogP contribution >= 0.6 is 0 Å². The Labute approximate surface area is 119 Å². The molecule has 2 aliphatic carbocycles. The number of nitrogens with zero attached hydrogens (tertiary/aromatic N) is 1. The van der Waals surface area contributed by atoms with Gasteiger partial charge in [0, 0.05) is 6.04 Å². The van der Waals surface area contributed by atoms with Gasteiger partial charge in [0.25, 0.3) is 0 Å². The van der Waals surface area contributed by atoms with Gasteiger partial charge < -0.3 is 5.32 Å². The third-order valence-corrected chi connectivity index (χ3v) is 6.36. The summed E-state index contributed by atoms with van der Waals surface area (Å²) in [7, 11) is 2.08. The van der Waals surface area contributed by atoms with E-state index in [9.17, 15) is 0 Å². The van der Waals surface area contributed by atoms with E-state index in [2.05, 4.69) is 17.3 Å². The van der Waals surface area contributed by atoms with E-state index in [-0.39, 0.29) is 0 Å². The van der Waals surface area contributed by atoms with E-state index < -0.39 is 0 Å². The van der Waals surface area contributed by atoms with Crippen molar-refractivity contribution >= 4 is 0 Å². The Morgan fingerprint density at radius 3 is 2.32 bits per heavy atom. The van der Waals surface area contributed by atoms with Gasteiger partial charge in [-0.05, 0) is 83.0 Å². The lowest BCUT2D eigenvalue weighted by atomic mass is 9.56. The summed E-state index contributed by atoms with van der Waals surface area (Å²) in [6, 6.07) is 0.970. The van der Waals surface area contributed by atoms with Gasteiger partial charge in [0.15, 0.2) is 0 Å². The highest BCUT2D eigenvalue weighted by atomic mass is 15.2. The summed E-state index contributed by atoms with van der Waals surface area (Å²) in [4.78, 5) is 2.88. The summed E-state index contributed by atoms with van der Waals surface area (Å²) in [5.74, 6) is 0.992. The first kappa shape index (κ1) is 13.9. The minimum atomic E-state index is 0.774. The number of hydrogen-bond acceptors (Lipinski definition) is 2. The third kappa shape index (κ3) is 2.85. The van der Waals surface area contributed by atoms with Crippen molar-refractivity contribution in [3.8, 4) is 0 Å². The molecule has 2 heteroatoms. The van der Waals surface area contributed by atoms with Gasteiger partial charge in [-0.1, -0.05) is 19.3 Å². The SMILES string of the molecule is CNCCC1CCN(C2CCC23CCCCC3)CC1. The van der Waals surface area contributed by atoms with Crippen LogP contribution in [0.4, 0.5) is 0 Å². The fourth-order valence-electron chi connectivity index (χ4n) is 4.99. The first-order valence-electron chi connectivity index (χ1n) is 8.73. The maximum Gasteiger partial charge on any atom is 0.0152 e. The molecule has 1 spiro atoms. The van der Waals surface area contributed by atoms with Gasteiger partial charge in [0.1, 0.15) is 0 Å². The molecule has 1 saturated heterocycles. The third-order valence-electron chi connectivity index (χ3n) is 6.36. The zero-order valence-electron chi connectivity index (χ0n) is 12.8. The Morgan fingerprint density at radius 2 is 1.74 bits per heavy atom. The summed E-state index contributed by atoms with van der Waals surface area (Å²) < 4.78 is 0. The van der Waals surface area contributed by atoms with Crippen LogP contribution in [0.5, 0.6) is 0 Å². The quantitative estimate of drug-likeness (QED) is 0.837. The molecule has 0 aromatic heterocycles. The zero-order valence-corrected chi connectivity index (χ0v) is 12.8. The molecule has 1 heterocycles. The van der Waals surface area contributed by atoms with E-state index in [0.29, 0.717) is 0 Å². The lowest BCUT2D eigenvalue weighted by molar-refractivity contribution is -0.0645. The average molecular weight is 264 g/mol. The molecule has 1 N–H and O–H groups in total. The molecular formula is C17H32N2. The van der Waals surface area contributed by atoms with Gasteiger partial charge in [-0.3, -0.25) is 4.90 Å². The highest BCUT2D eigenvalue weighted by Gasteiger charge is 2.49. The Hall–Kier alpha value is -0.0800. The Morgan fingerprint density at radius 1 is 1.00 bits per heavy atom. The summed E-state index contributed by atoms with van der Waals surface area (Å²) >= 11 is 0. The maximum absolute atomic E-state index is 3.30. The van der Waals surface area contributed by atoms with Crippen molar-refractivity contribution in [3.05, 3.63) is 0 Å². The van der Waals surface area contributed by atoms with Crippen LogP contribution in [0.15, 0.2) is 0 Å². The molecular weight excluding hydrogens is 232 g/mol. The molecule has 0 aromatic carbocycles. The average Bonchev–Trinajstić information content (AvgIpc) is 2.46. The molecule has 2 saturated carbocycles. The van der Waals surface area contributed by atoms with Crippen molar-refractivity contribution < 1.29 is 0 Å². The summed E-state index contributed by atoms with van der Waals surface area (Å²) in [6.45, 7) is 3.99. The second-order valence-corrected chi connectivity index (χ2v) is 7.35. The predicted molar refractivity (Wildman–Crippen MR) is 81.4 cm³/mol. The summed E-state index contributed by atoms with van der Waals surface area (Å²) in [5.41, 5.74) is 0.774. The van der Waals surface area contributed by atoms with Crippen molar-refractivity contribution in [2.45, 2.75) is 70.3 Å². The molecule has 19 heavy (non-hydrogen) atoms. The normalized spacial score (nSPS) is 32.4. The van der Waals surface area contributed by atoms with Crippen molar-refractivity contribution in [2.24, 2.45) is 11.3 Å². The topological polar surface area (TPSA) is 15.3 Å². The van der Waals surface area contributed by atoms with Crippen LogP contribution in [0.2, 0.25) is 0 Å². The van der Waals surface area contributed by atoms with Crippen molar-refractivity contribution in [1.82, 2.24) is 10.2 Å². The van der Waals surface area contributed by atoms with Crippen LogP contribution in [0.25, 0.3) is 0 Å². The molecule has 1 atom stereocenters. The number of piperidine rings is 1. The Bertz CT molecular complexity index is 275. The van der Waals surface area contributed by atoms with Crippen LogP contribution < -0.4 is 5.32 Å². The summed E-state index contributed by atoms with van der Waals surface area (Å²) in [6.07, 6.45) is 14.9. The van der Waals surface area contributed by atoms with E-state index in [1.54, 1.807) is 0 Å². The van der Waals surface area contributed by atoms with Crippen molar-refractivity contribution in [1.29, 1.82) is 0 Å². The maximum atomic E-state index is 3.30. The van der Waals surface area contributed by atoms with Crippen molar-refractivity contribution in [3.63, 3.8) is 0 Å².